The van der Waals surface area contributed by atoms with Crippen LogP contribution in [0.4, 0.5) is 9.18 Å². The Balaban J connectivity index is 1.45. The summed E-state index contributed by atoms with van der Waals surface area (Å²) < 4.78 is 19.6. The SMILES string of the molecule is C#Cc1cc(F)ccc1C1N=C(c2nccs2)NC(CN2CCN3C(=O)N(CC(C)(C)CC(=O)O)C[C@@H]3C2)=C1C(=O)OCC. The number of carboxylic acid groups (broad SMARTS) is 1. The number of carboxylic acids is 1. The van der Waals surface area contributed by atoms with Crippen LogP contribution in [0.2, 0.25) is 0 Å². The summed E-state index contributed by atoms with van der Waals surface area (Å²) in [6.45, 7) is 8.29. The van der Waals surface area contributed by atoms with E-state index in [4.69, 9.17) is 16.2 Å². The fourth-order valence-electron chi connectivity index (χ4n) is 6.06. The van der Waals surface area contributed by atoms with Gasteiger partial charge in [-0.15, -0.1) is 17.8 Å². The second kappa shape index (κ2) is 12.8. The van der Waals surface area contributed by atoms with Gasteiger partial charge in [-0.1, -0.05) is 25.8 Å². The highest BCUT2D eigenvalue weighted by Crippen LogP contribution is 2.36. The first-order valence-corrected chi connectivity index (χ1v) is 15.3. The molecule has 44 heavy (non-hydrogen) atoms. The lowest BCUT2D eigenvalue weighted by molar-refractivity contribution is -0.140. The zero-order valence-corrected chi connectivity index (χ0v) is 25.7. The number of fused-ring (bicyclic) bond motifs is 1. The minimum Gasteiger partial charge on any atom is -0.481 e. The van der Waals surface area contributed by atoms with E-state index in [1.807, 2.05) is 24.1 Å². The molecule has 2 amide bonds. The molecule has 1 aromatic heterocycles. The first-order chi connectivity index (χ1) is 21.0. The number of aliphatic imine (C=N–C) groups is 1. The number of esters is 1. The molecule has 2 N–H and O–H groups in total. The first kappa shape index (κ1) is 31.2. The molecule has 13 heteroatoms. The number of benzene rings is 1. The third-order valence-corrected chi connectivity index (χ3v) is 8.65. The second-order valence-corrected chi connectivity index (χ2v) is 12.7. The van der Waals surface area contributed by atoms with Crippen molar-refractivity contribution >= 4 is 35.1 Å². The summed E-state index contributed by atoms with van der Waals surface area (Å²) in [5.41, 5.74) is 1.05. The number of urea groups is 1. The summed E-state index contributed by atoms with van der Waals surface area (Å²) >= 11 is 1.38. The van der Waals surface area contributed by atoms with Gasteiger partial charge in [0.15, 0.2) is 10.8 Å². The number of ether oxygens (including phenoxy) is 1. The number of nitrogens with one attached hydrogen (secondary N) is 1. The minimum atomic E-state index is -0.898. The predicted octanol–water partition coefficient (Wildman–Crippen LogP) is 3.09. The van der Waals surface area contributed by atoms with E-state index < -0.39 is 29.2 Å². The van der Waals surface area contributed by atoms with Crippen LogP contribution in [-0.2, 0) is 14.3 Å². The third kappa shape index (κ3) is 6.61. The van der Waals surface area contributed by atoms with Crippen LogP contribution >= 0.6 is 11.3 Å². The summed E-state index contributed by atoms with van der Waals surface area (Å²) in [4.78, 5) is 53.1. The quantitative estimate of drug-likeness (QED) is 0.306. The van der Waals surface area contributed by atoms with Crippen molar-refractivity contribution in [2.45, 2.75) is 39.3 Å². The van der Waals surface area contributed by atoms with E-state index in [0.29, 0.717) is 61.4 Å². The first-order valence-electron chi connectivity index (χ1n) is 14.4. The molecule has 0 bridgehead atoms. The number of carbonyl (C=O) groups is 3. The van der Waals surface area contributed by atoms with Crippen LogP contribution in [-0.4, -0.2) is 101 Å². The Bertz CT molecular complexity index is 1550. The molecular formula is C31H35FN6O5S. The van der Waals surface area contributed by atoms with Crippen molar-refractivity contribution in [1.29, 1.82) is 0 Å². The maximum atomic E-state index is 14.2. The average Bonchev–Trinajstić information content (AvgIpc) is 3.60. The van der Waals surface area contributed by atoms with Crippen molar-refractivity contribution in [2.24, 2.45) is 10.4 Å². The Labute approximate surface area is 259 Å². The van der Waals surface area contributed by atoms with Gasteiger partial charge in [0.25, 0.3) is 0 Å². The number of halogens is 1. The van der Waals surface area contributed by atoms with Crippen LogP contribution in [0.5, 0.6) is 0 Å². The van der Waals surface area contributed by atoms with E-state index in [2.05, 4.69) is 21.1 Å². The van der Waals surface area contributed by atoms with Gasteiger partial charge in [-0.3, -0.25) is 14.7 Å². The van der Waals surface area contributed by atoms with E-state index in [1.165, 1.54) is 23.5 Å². The smallest absolute Gasteiger partial charge is 0.338 e. The van der Waals surface area contributed by atoms with Crippen molar-refractivity contribution in [3.05, 3.63) is 63.0 Å². The Kier molecular flexibility index (Phi) is 9.03. The van der Waals surface area contributed by atoms with Gasteiger partial charge in [0.1, 0.15) is 11.9 Å². The standard InChI is InChI=1S/C31H35FN6O5S/c1-5-19-13-20(32)7-8-22(19)26-25(29(41)43-6-2)23(34-27(35-26)28-33-9-12-44-28)17-36-10-11-38-21(15-36)16-37(30(38)42)18-31(3,4)14-24(39)40/h1,7-9,12-13,21,26H,6,10-11,14-18H2,2-4H3,(H,34,35)(H,39,40)/t21-,26?/m0/s1. The molecule has 1 unspecified atom stereocenters. The number of terminal acetylenes is 1. The van der Waals surface area contributed by atoms with Crippen LogP contribution in [0.3, 0.4) is 0 Å². The third-order valence-electron chi connectivity index (χ3n) is 7.87. The molecule has 2 saturated heterocycles. The molecule has 11 nitrogen and oxygen atoms in total. The maximum absolute atomic E-state index is 14.2. The molecule has 5 rings (SSSR count). The number of aromatic nitrogens is 1. The van der Waals surface area contributed by atoms with E-state index in [1.54, 1.807) is 24.1 Å². The van der Waals surface area contributed by atoms with E-state index in [-0.39, 0.29) is 36.2 Å². The van der Waals surface area contributed by atoms with Crippen LogP contribution in [0, 0.1) is 23.6 Å². The number of carbonyl (C=O) groups excluding carboxylic acids is 2. The number of rotatable bonds is 10. The number of amidine groups is 1. The van der Waals surface area contributed by atoms with Crippen LogP contribution in [0.25, 0.3) is 0 Å². The van der Waals surface area contributed by atoms with Gasteiger partial charge in [0.05, 0.1) is 24.6 Å². The summed E-state index contributed by atoms with van der Waals surface area (Å²) in [6, 6.07) is 3.03. The fraction of sp³-hybridized carbons (Fsp3) is 0.452. The topological polar surface area (TPSA) is 128 Å². The Morgan fingerprint density at radius 2 is 2.09 bits per heavy atom. The van der Waals surface area contributed by atoms with Crippen molar-refractivity contribution < 1.29 is 28.6 Å². The van der Waals surface area contributed by atoms with E-state index >= 15 is 0 Å². The summed E-state index contributed by atoms with van der Waals surface area (Å²) in [7, 11) is 0. The fourth-order valence-corrected chi connectivity index (χ4v) is 6.65. The Hall–Kier alpha value is -4.28. The predicted molar refractivity (Wildman–Crippen MR) is 162 cm³/mol. The lowest BCUT2D eigenvalue weighted by Gasteiger charge is -2.38. The molecule has 0 radical (unpaired) electrons. The Morgan fingerprint density at radius 1 is 1.30 bits per heavy atom. The largest absolute Gasteiger partial charge is 0.481 e. The van der Waals surface area contributed by atoms with Crippen molar-refractivity contribution in [3.63, 3.8) is 0 Å². The van der Waals surface area contributed by atoms with Crippen molar-refractivity contribution in [2.75, 3.05) is 45.9 Å². The molecule has 2 aromatic rings. The van der Waals surface area contributed by atoms with Crippen LogP contribution in [0.15, 0.2) is 46.0 Å². The molecule has 2 atom stereocenters. The summed E-state index contributed by atoms with van der Waals surface area (Å²) in [5.74, 6) is 1.04. The van der Waals surface area contributed by atoms with Gasteiger partial charge in [0, 0.05) is 62.1 Å². The number of thiazole rings is 1. The monoisotopic (exact) mass is 622 g/mol. The number of aliphatic carboxylic acids is 1. The van der Waals surface area contributed by atoms with Crippen LogP contribution in [0.1, 0.15) is 49.4 Å². The highest BCUT2D eigenvalue weighted by Gasteiger charge is 2.43. The molecule has 0 aliphatic carbocycles. The number of amides is 2. The van der Waals surface area contributed by atoms with Crippen molar-refractivity contribution in [1.82, 2.24) is 25.0 Å². The maximum Gasteiger partial charge on any atom is 0.338 e. The lowest BCUT2D eigenvalue weighted by atomic mass is 9.89. The van der Waals surface area contributed by atoms with Gasteiger partial charge in [-0.2, -0.15) is 0 Å². The molecular weight excluding hydrogens is 587 g/mol. The summed E-state index contributed by atoms with van der Waals surface area (Å²) in [6.07, 6.45) is 7.38. The zero-order chi connectivity index (χ0) is 31.6. The van der Waals surface area contributed by atoms with Crippen LogP contribution < -0.4 is 5.32 Å². The average molecular weight is 623 g/mol. The number of hydrogen-bond acceptors (Lipinski definition) is 9. The zero-order valence-electron chi connectivity index (χ0n) is 24.9. The number of nitrogens with zero attached hydrogens (tertiary/aromatic N) is 5. The molecule has 3 aliphatic heterocycles. The second-order valence-electron chi connectivity index (χ2n) is 11.8. The van der Waals surface area contributed by atoms with Gasteiger partial charge in [0.2, 0.25) is 0 Å². The molecule has 2 fully saturated rings. The van der Waals surface area contributed by atoms with Gasteiger partial charge < -0.3 is 25.0 Å². The molecule has 0 spiro atoms. The minimum absolute atomic E-state index is 0.0381. The van der Waals surface area contributed by atoms with Gasteiger partial charge >= 0.3 is 18.0 Å². The summed E-state index contributed by atoms with van der Waals surface area (Å²) in [5, 5.41) is 15.1. The molecule has 0 saturated carbocycles. The Morgan fingerprint density at radius 3 is 2.77 bits per heavy atom. The number of piperazine rings is 1. The van der Waals surface area contributed by atoms with E-state index in [0.717, 1.165) is 0 Å². The van der Waals surface area contributed by atoms with Gasteiger partial charge in [-0.25, -0.2) is 19.0 Å². The van der Waals surface area contributed by atoms with Gasteiger partial charge in [-0.05, 0) is 30.0 Å². The lowest BCUT2D eigenvalue weighted by Crippen LogP contribution is -2.53. The van der Waals surface area contributed by atoms with E-state index in [9.17, 15) is 23.9 Å². The molecule has 232 valence electrons. The number of hydrogen-bond donors (Lipinski definition) is 2. The highest BCUT2D eigenvalue weighted by atomic mass is 32.1. The highest BCUT2D eigenvalue weighted by molar-refractivity contribution is 7.11. The molecule has 4 heterocycles. The molecule has 1 aromatic carbocycles. The van der Waals surface area contributed by atoms with Crippen molar-refractivity contribution in [3.8, 4) is 12.3 Å². The normalized spacial score (nSPS) is 20.6. The molecule has 3 aliphatic rings.